The van der Waals surface area contributed by atoms with Gasteiger partial charge in [-0.2, -0.15) is 4.39 Å². The summed E-state index contributed by atoms with van der Waals surface area (Å²) in [5, 5.41) is 0. The number of unbranched alkanes of at least 4 members (excludes halogenated alkanes) is 3. The second kappa shape index (κ2) is 12.6. The molecule has 2 saturated carbocycles. The Balaban J connectivity index is 1.47. The lowest BCUT2D eigenvalue weighted by atomic mass is 9.69. The Morgan fingerprint density at radius 1 is 0.903 bits per heavy atom. The summed E-state index contributed by atoms with van der Waals surface area (Å²) in [7, 11) is 0. The zero-order valence-corrected chi connectivity index (χ0v) is 19.2. The van der Waals surface area contributed by atoms with Crippen LogP contribution in [0.1, 0.15) is 95.5 Å². The topological polar surface area (TPSA) is 18.5 Å². The summed E-state index contributed by atoms with van der Waals surface area (Å²) in [6.07, 6.45) is 15.3. The van der Waals surface area contributed by atoms with Crippen LogP contribution in [-0.2, 0) is 4.74 Å². The third-order valence-corrected chi connectivity index (χ3v) is 7.38. The lowest BCUT2D eigenvalue weighted by molar-refractivity contribution is 0.0223. The average Bonchev–Trinajstić information content (AvgIpc) is 2.81. The molecular weight excluding hydrogens is 394 g/mol. The number of rotatable bonds is 11. The highest BCUT2D eigenvalue weighted by Crippen LogP contribution is 2.44. The third kappa shape index (κ3) is 6.78. The molecule has 2 nitrogen and oxygen atoms in total. The van der Waals surface area contributed by atoms with Gasteiger partial charge in [-0.3, -0.25) is 0 Å². The van der Waals surface area contributed by atoms with E-state index in [1.54, 1.807) is 12.1 Å². The Labute approximate surface area is 187 Å². The Hall–Kier alpha value is -1.42. The van der Waals surface area contributed by atoms with E-state index >= 15 is 0 Å². The molecule has 174 valence electrons. The van der Waals surface area contributed by atoms with Crippen molar-refractivity contribution in [3.05, 3.63) is 42.0 Å². The van der Waals surface area contributed by atoms with E-state index in [1.165, 1.54) is 12.8 Å². The van der Waals surface area contributed by atoms with Crippen LogP contribution in [0.5, 0.6) is 5.75 Å². The van der Waals surface area contributed by atoms with E-state index in [1.807, 2.05) is 6.08 Å². The van der Waals surface area contributed by atoms with Gasteiger partial charge in [0.25, 0.3) is 0 Å². The molecule has 2 aliphatic carbocycles. The maximum atomic E-state index is 14.8. The van der Waals surface area contributed by atoms with E-state index in [0.717, 1.165) is 76.0 Å². The van der Waals surface area contributed by atoms with Crippen LogP contribution in [0.15, 0.2) is 24.8 Å². The molecule has 0 spiro atoms. The van der Waals surface area contributed by atoms with Crippen molar-refractivity contribution >= 4 is 0 Å². The van der Waals surface area contributed by atoms with Gasteiger partial charge in [0.2, 0.25) is 5.82 Å². The van der Waals surface area contributed by atoms with Gasteiger partial charge in [0.15, 0.2) is 11.6 Å². The van der Waals surface area contributed by atoms with E-state index in [0.29, 0.717) is 24.9 Å². The molecule has 0 bridgehead atoms. The van der Waals surface area contributed by atoms with Crippen LogP contribution in [0.4, 0.5) is 8.78 Å². The fraction of sp³-hybridized carbons (Fsp3) is 0.704. The molecule has 0 aliphatic heterocycles. The van der Waals surface area contributed by atoms with Crippen LogP contribution in [0, 0.1) is 23.5 Å². The highest BCUT2D eigenvalue weighted by Gasteiger charge is 2.32. The molecule has 0 heterocycles. The number of halogens is 2. The van der Waals surface area contributed by atoms with Crippen LogP contribution in [0.3, 0.4) is 0 Å². The van der Waals surface area contributed by atoms with Crippen molar-refractivity contribution in [1.29, 1.82) is 0 Å². The van der Waals surface area contributed by atoms with Crippen molar-refractivity contribution in [2.45, 2.75) is 96.0 Å². The van der Waals surface area contributed by atoms with Gasteiger partial charge in [-0.25, -0.2) is 4.39 Å². The quantitative estimate of drug-likeness (QED) is 0.260. The summed E-state index contributed by atoms with van der Waals surface area (Å²) < 4.78 is 40.7. The maximum Gasteiger partial charge on any atom is 0.200 e. The maximum absolute atomic E-state index is 14.8. The summed E-state index contributed by atoms with van der Waals surface area (Å²) in [6, 6.07) is 3.39. The van der Waals surface area contributed by atoms with Crippen molar-refractivity contribution in [1.82, 2.24) is 0 Å². The van der Waals surface area contributed by atoms with Gasteiger partial charge in [0, 0.05) is 0 Å². The summed E-state index contributed by atoms with van der Waals surface area (Å²) in [5.74, 6) is 0.144. The smallest absolute Gasteiger partial charge is 0.200 e. The third-order valence-electron chi connectivity index (χ3n) is 7.38. The van der Waals surface area contributed by atoms with E-state index in [2.05, 4.69) is 13.5 Å². The average molecular weight is 435 g/mol. The Bertz CT molecular complexity index is 674. The molecule has 2 aliphatic rings. The molecule has 0 saturated heterocycles. The summed E-state index contributed by atoms with van der Waals surface area (Å²) >= 11 is 0. The molecule has 0 unspecified atom stereocenters. The number of ether oxygens (including phenoxy) is 2. The molecular formula is C27H40F2O2. The second-order valence-electron chi connectivity index (χ2n) is 9.46. The van der Waals surface area contributed by atoms with Crippen molar-refractivity contribution in [3.8, 4) is 5.75 Å². The van der Waals surface area contributed by atoms with Crippen LogP contribution >= 0.6 is 0 Å². The normalized spacial score (nSPS) is 26.5. The van der Waals surface area contributed by atoms with Gasteiger partial charge in [0.05, 0.1) is 19.3 Å². The molecule has 3 rings (SSSR count). The van der Waals surface area contributed by atoms with E-state index in [9.17, 15) is 8.78 Å². The van der Waals surface area contributed by atoms with Crippen LogP contribution in [0.2, 0.25) is 0 Å². The molecule has 0 radical (unpaired) electrons. The zero-order chi connectivity index (χ0) is 22.1. The number of hydrogen-bond donors (Lipinski definition) is 0. The standard InChI is InChI=1S/C27H40F2O2/c1-3-5-6-7-19-31-25-17-16-24(26(28)27(25)29)22-10-8-20(9-11-22)21-12-14-23(15-13-21)30-18-4-2/h4,16-17,20-23H,2-3,5-15,18-19H2,1H3. The molecule has 31 heavy (non-hydrogen) atoms. The lowest BCUT2D eigenvalue weighted by Gasteiger charge is -2.38. The Kier molecular flexibility index (Phi) is 9.83. The first kappa shape index (κ1) is 24.2. The largest absolute Gasteiger partial charge is 0.490 e. The minimum atomic E-state index is -0.812. The first-order valence-corrected chi connectivity index (χ1v) is 12.5. The van der Waals surface area contributed by atoms with Gasteiger partial charge in [-0.05, 0) is 87.2 Å². The van der Waals surface area contributed by atoms with E-state index < -0.39 is 11.6 Å². The first-order valence-electron chi connectivity index (χ1n) is 12.5. The van der Waals surface area contributed by atoms with Crippen molar-refractivity contribution in [2.75, 3.05) is 13.2 Å². The van der Waals surface area contributed by atoms with Gasteiger partial charge in [0.1, 0.15) is 0 Å². The lowest BCUT2D eigenvalue weighted by Crippen LogP contribution is -2.28. The fourth-order valence-electron chi connectivity index (χ4n) is 5.52. The van der Waals surface area contributed by atoms with Crippen LogP contribution in [-0.4, -0.2) is 19.3 Å². The van der Waals surface area contributed by atoms with E-state index in [4.69, 9.17) is 9.47 Å². The SMILES string of the molecule is C=CCOC1CCC(C2CCC(c3ccc(OCCCCCC)c(F)c3F)CC2)CC1. The summed E-state index contributed by atoms with van der Waals surface area (Å²) in [4.78, 5) is 0. The van der Waals surface area contributed by atoms with Crippen molar-refractivity contribution in [2.24, 2.45) is 11.8 Å². The minimum absolute atomic E-state index is 0.0573. The van der Waals surface area contributed by atoms with Gasteiger partial charge < -0.3 is 9.47 Å². The minimum Gasteiger partial charge on any atom is -0.490 e. The van der Waals surface area contributed by atoms with Crippen LogP contribution < -0.4 is 4.74 Å². The predicted octanol–water partition coefficient (Wildman–Crippen LogP) is 7.96. The molecule has 2 fully saturated rings. The molecule has 0 aromatic heterocycles. The number of hydrogen-bond acceptors (Lipinski definition) is 2. The predicted molar refractivity (Wildman–Crippen MR) is 123 cm³/mol. The highest BCUT2D eigenvalue weighted by atomic mass is 19.2. The molecule has 0 atom stereocenters. The molecule has 0 amide bonds. The summed E-state index contributed by atoms with van der Waals surface area (Å²) in [6.45, 7) is 6.96. The fourth-order valence-corrected chi connectivity index (χ4v) is 5.52. The molecule has 1 aromatic rings. The molecule has 1 aromatic carbocycles. The summed E-state index contributed by atoms with van der Waals surface area (Å²) in [5.41, 5.74) is 0.538. The van der Waals surface area contributed by atoms with Crippen molar-refractivity contribution < 1.29 is 18.3 Å². The first-order chi connectivity index (χ1) is 15.1. The van der Waals surface area contributed by atoms with Gasteiger partial charge in [-0.1, -0.05) is 38.3 Å². The van der Waals surface area contributed by atoms with Gasteiger partial charge >= 0.3 is 0 Å². The monoisotopic (exact) mass is 434 g/mol. The molecule has 4 heteroatoms. The van der Waals surface area contributed by atoms with Crippen molar-refractivity contribution in [3.63, 3.8) is 0 Å². The Morgan fingerprint density at radius 2 is 1.58 bits per heavy atom. The Morgan fingerprint density at radius 3 is 2.23 bits per heavy atom. The molecule has 0 N–H and O–H groups in total. The van der Waals surface area contributed by atoms with Crippen LogP contribution in [0.25, 0.3) is 0 Å². The van der Waals surface area contributed by atoms with Gasteiger partial charge in [-0.15, -0.1) is 6.58 Å². The zero-order valence-electron chi connectivity index (χ0n) is 19.2. The second-order valence-corrected chi connectivity index (χ2v) is 9.46. The van der Waals surface area contributed by atoms with E-state index in [-0.39, 0.29) is 11.7 Å². The number of benzene rings is 1. The highest BCUT2D eigenvalue weighted by molar-refractivity contribution is 5.33.